The second kappa shape index (κ2) is 8.95. The molecule has 12 nitrogen and oxygen atoms in total. The lowest BCUT2D eigenvalue weighted by atomic mass is 9.39. The molecule has 2 saturated carbocycles. The third-order valence-corrected chi connectivity index (χ3v) is 9.66. The Balaban J connectivity index is 1.66. The Kier molecular flexibility index (Phi) is 6.25. The summed E-state index contributed by atoms with van der Waals surface area (Å²) >= 11 is 0. The summed E-state index contributed by atoms with van der Waals surface area (Å²) in [5.74, 6) is -8.18. The zero-order valence-corrected chi connectivity index (χ0v) is 22.6. The molecular formula is C28H34N4O8. The van der Waals surface area contributed by atoms with Crippen molar-refractivity contribution in [2.75, 3.05) is 5.32 Å². The lowest BCUT2D eigenvalue weighted by Crippen LogP contribution is -2.79. The standard InChI is InChI=1S/C28H34N4O8/c1-11(2)18-21(35)17(24(29)38)22(36)28(40)23(37)19-20(34)16-12(9-26(19,3)10-27(18,28)4)13(5-6-15(16)33)31-25(39)14-7-8-30-32-14/h5-8,11,17-19,21,23,33,35,37,40H,9-10H2,1-4H3,(H2,29,38)(H,30,32)(H,31,39)/t17-,18+,19-,21?,23?,26-,27-,28+/m1/s1. The molecule has 2 fully saturated rings. The second-order valence-electron chi connectivity index (χ2n) is 12.4. The van der Waals surface area contributed by atoms with Crippen molar-refractivity contribution in [3.05, 3.63) is 41.2 Å². The van der Waals surface area contributed by atoms with Crippen LogP contribution in [0.4, 0.5) is 5.69 Å². The quantitative estimate of drug-likeness (QED) is 0.207. The number of nitrogens with one attached hydrogen (secondary N) is 2. The van der Waals surface area contributed by atoms with E-state index in [4.69, 9.17) is 5.73 Å². The molecule has 1 aromatic heterocycles. The number of carbonyl (C=O) groups excluding carboxylic acids is 4. The number of carbonyl (C=O) groups is 4. The van der Waals surface area contributed by atoms with Crippen molar-refractivity contribution in [1.29, 1.82) is 0 Å². The van der Waals surface area contributed by atoms with Gasteiger partial charge in [0, 0.05) is 17.3 Å². The van der Waals surface area contributed by atoms with Gasteiger partial charge in [-0.05, 0) is 53.9 Å². The van der Waals surface area contributed by atoms with Crippen molar-refractivity contribution in [1.82, 2.24) is 10.2 Å². The van der Waals surface area contributed by atoms with Crippen molar-refractivity contribution in [3.8, 4) is 5.75 Å². The van der Waals surface area contributed by atoms with Crippen molar-refractivity contribution in [2.45, 2.75) is 58.3 Å². The second-order valence-corrected chi connectivity index (χ2v) is 12.4. The molecule has 2 unspecified atom stereocenters. The first-order chi connectivity index (χ1) is 18.6. The predicted molar refractivity (Wildman–Crippen MR) is 140 cm³/mol. The number of aliphatic hydroxyl groups excluding tert-OH is 2. The molecule has 0 spiro atoms. The van der Waals surface area contributed by atoms with Gasteiger partial charge in [-0.3, -0.25) is 24.3 Å². The fourth-order valence-corrected chi connectivity index (χ4v) is 8.22. The van der Waals surface area contributed by atoms with Crippen LogP contribution in [0.25, 0.3) is 0 Å². The van der Waals surface area contributed by atoms with Gasteiger partial charge in [0.25, 0.3) is 5.91 Å². The number of aromatic nitrogens is 2. The van der Waals surface area contributed by atoms with Gasteiger partial charge in [-0.1, -0.05) is 27.7 Å². The molecule has 0 saturated heterocycles. The highest BCUT2D eigenvalue weighted by Gasteiger charge is 2.75. The van der Waals surface area contributed by atoms with Crippen molar-refractivity contribution in [3.63, 3.8) is 0 Å². The largest absolute Gasteiger partial charge is 0.507 e. The number of Topliss-reactive ketones (excluding diaryl/α,β-unsaturated/α-hetero) is 2. The number of nitrogens with two attached hydrogens (primary N) is 1. The zero-order valence-electron chi connectivity index (χ0n) is 22.6. The van der Waals surface area contributed by atoms with Gasteiger partial charge < -0.3 is 31.5 Å². The van der Waals surface area contributed by atoms with Gasteiger partial charge in [-0.2, -0.15) is 5.10 Å². The number of anilines is 1. The molecule has 8 N–H and O–H groups in total. The molecule has 2 amide bonds. The fraction of sp³-hybridized carbons (Fsp3) is 0.536. The number of primary amides is 1. The highest BCUT2D eigenvalue weighted by atomic mass is 16.4. The van der Waals surface area contributed by atoms with Gasteiger partial charge in [0.2, 0.25) is 5.91 Å². The number of phenols is 1. The molecule has 0 bridgehead atoms. The van der Waals surface area contributed by atoms with Crippen molar-refractivity contribution >= 4 is 29.1 Å². The number of aromatic hydroxyl groups is 1. The minimum atomic E-state index is -2.58. The van der Waals surface area contributed by atoms with Crippen LogP contribution in [0, 0.1) is 34.5 Å². The van der Waals surface area contributed by atoms with E-state index in [0.717, 1.165) is 0 Å². The van der Waals surface area contributed by atoms with Crippen LogP contribution in [-0.4, -0.2) is 71.8 Å². The van der Waals surface area contributed by atoms with E-state index in [1.54, 1.807) is 27.7 Å². The average Bonchev–Trinajstić information content (AvgIpc) is 3.38. The van der Waals surface area contributed by atoms with Crippen LogP contribution in [0.2, 0.25) is 0 Å². The van der Waals surface area contributed by atoms with Crippen molar-refractivity contribution < 1.29 is 39.6 Å². The van der Waals surface area contributed by atoms with Gasteiger partial charge in [0.1, 0.15) is 23.5 Å². The molecule has 2 aromatic rings. The summed E-state index contributed by atoms with van der Waals surface area (Å²) in [6.45, 7) is 6.88. The number of aromatic amines is 1. The van der Waals surface area contributed by atoms with Crippen LogP contribution >= 0.6 is 0 Å². The summed E-state index contributed by atoms with van der Waals surface area (Å²) in [6, 6.07) is 4.19. The Hall–Kier alpha value is -3.61. The molecular weight excluding hydrogens is 520 g/mol. The number of H-pyrrole nitrogens is 1. The Morgan fingerprint density at radius 3 is 2.42 bits per heavy atom. The lowest BCUT2D eigenvalue weighted by molar-refractivity contribution is -0.265. The van der Waals surface area contributed by atoms with Gasteiger partial charge >= 0.3 is 0 Å². The van der Waals surface area contributed by atoms with Crippen LogP contribution in [0.1, 0.15) is 60.5 Å². The van der Waals surface area contributed by atoms with E-state index >= 15 is 0 Å². The first-order valence-electron chi connectivity index (χ1n) is 13.2. The molecule has 12 heteroatoms. The molecule has 3 aliphatic rings. The van der Waals surface area contributed by atoms with E-state index in [9.17, 15) is 39.6 Å². The first-order valence-corrected chi connectivity index (χ1v) is 13.2. The number of rotatable bonds is 4. The number of fused-ring (bicyclic) bond motifs is 3. The Bertz CT molecular complexity index is 1420. The fourth-order valence-electron chi connectivity index (χ4n) is 8.22. The van der Waals surface area contributed by atoms with Crippen molar-refractivity contribution in [2.24, 2.45) is 40.2 Å². The predicted octanol–water partition coefficient (Wildman–Crippen LogP) is 0.548. The van der Waals surface area contributed by atoms with E-state index < -0.39 is 69.8 Å². The average molecular weight is 555 g/mol. The normalized spacial score (nSPS) is 37.0. The topological polar surface area (TPSA) is 216 Å². The maximum absolute atomic E-state index is 14.1. The molecule has 3 aliphatic carbocycles. The maximum Gasteiger partial charge on any atom is 0.273 e. The summed E-state index contributed by atoms with van der Waals surface area (Å²) in [5, 5.41) is 54.9. The van der Waals surface area contributed by atoms with E-state index in [-0.39, 0.29) is 41.5 Å². The van der Waals surface area contributed by atoms with Gasteiger partial charge in [0.15, 0.2) is 17.2 Å². The molecule has 5 rings (SSSR count). The summed E-state index contributed by atoms with van der Waals surface area (Å²) in [5.41, 5.74) is 1.01. The summed E-state index contributed by atoms with van der Waals surface area (Å²) in [7, 11) is 0. The van der Waals surface area contributed by atoms with Crippen LogP contribution in [0.5, 0.6) is 5.75 Å². The van der Waals surface area contributed by atoms with Gasteiger partial charge in [-0.25, -0.2) is 0 Å². The maximum atomic E-state index is 14.1. The lowest BCUT2D eigenvalue weighted by Gasteiger charge is -2.66. The smallest absolute Gasteiger partial charge is 0.273 e. The molecule has 1 heterocycles. The number of hydrogen-bond acceptors (Lipinski definition) is 9. The number of aliphatic hydroxyl groups is 3. The van der Waals surface area contributed by atoms with Crippen LogP contribution in [0.3, 0.4) is 0 Å². The first kappa shape index (κ1) is 27.9. The monoisotopic (exact) mass is 554 g/mol. The highest BCUT2D eigenvalue weighted by molar-refractivity contribution is 6.10. The van der Waals surface area contributed by atoms with Gasteiger partial charge in [0.05, 0.1) is 17.6 Å². The number of amides is 2. The van der Waals surface area contributed by atoms with E-state index in [2.05, 4.69) is 15.5 Å². The number of ketones is 2. The zero-order chi connectivity index (χ0) is 29.5. The van der Waals surface area contributed by atoms with Crippen LogP contribution in [0.15, 0.2) is 24.4 Å². The molecule has 0 radical (unpaired) electrons. The van der Waals surface area contributed by atoms with Gasteiger partial charge in [-0.15, -0.1) is 0 Å². The molecule has 214 valence electrons. The summed E-state index contributed by atoms with van der Waals surface area (Å²) in [6.07, 6.45) is -1.98. The third kappa shape index (κ3) is 3.52. The number of benzene rings is 1. The molecule has 0 aliphatic heterocycles. The van der Waals surface area contributed by atoms with Crippen LogP contribution in [-0.2, 0) is 16.0 Å². The minimum Gasteiger partial charge on any atom is -0.507 e. The third-order valence-electron chi connectivity index (χ3n) is 9.66. The SMILES string of the molecule is CC(C)[C@H]1C(O)[C@@H](C(N)=O)C(=O)[C@]2(O)C(O)[C@H]3C(=O)c4c(O)ccc(NC(=O)c5ccn[nH]5)c4C[C@]3(C)C[C@]12C. The van der Waals surface area contributed by atoms with Crippen LogP contribution < -0.4 is 11.1 Å². The summed E-state index contributed by atoms with van der Waals surface area (Å²) < 4.78 is 0. The molecule has 1 aromatic carbocycles. The molecule has 40 heavy (non-hydrogen) atoms. The number of hydrogen-bond donors (Lipinski definition) is 7. The minimum absolute atomic E-state index is 0.00409. The Morgan fingerprint density at radius 2 is 1.85 bits per heavy atom. The Labute approximate surface area is 230 Å². The Morgan fingerprint density at radius 1 is 1.18 bits per heavy atom. The highest BCUT2D eigenvalue weighted by Crippen LogP contribution is 2.65. The number of nitrogens with zero attached hydrogens (tertiary/aromatic N) is 1. The van der Waals surface area contributed by atoms with E-state index in [1.165, 1.54) is 24.4 Å². The number of phenolic OH excluding ortho intramolecular Hbond substituents is 1. The van der Waals surface area contributed by atoms with E-state index in [1.807, 2.05) is 0 Å². The summed E-state index contributed by atoms with van der Waals surface area (Å²) in [4.78, 5) is 52.9. The van der Waals surface area contributed by atoms with E-state index in [0.29, 0.717) is 5.56 Å². The molecule has 8 atom stereocenters.